The minimum atomic E-state index is -1.09. The fourth-order valence-electron chi connectivity index (χ4n) is 3.38. The Hall–Kier alpha value is -3.74. The first-order valence-corrected chi connectivity index (χ1v) is 8.40. The van der Waals surface area contributed by atoms with Crippen molar-refractivity contribution in [3.8, 4) is 11.1 Å². The average Bonchev–Trinajstić information content (AvgIpc) is 3.16. The number of aromatic carboxylic acids is 1. The fourth-order valence-corrected chi connectivity index (χ4v) is 3.38. The molecule has 5 nitrogen and oxygen atoms in total. The summed E-state index contributed by atoms with van der Waals surface area (Å²) in [5, 5.41) is 11.9. The number of hydrogen-bond acceptors (Lipinski definition) is 2. The Kier molecular flexibility index (Phi) is 4.07. The second-order valence-electron chi connectivity index (χ2n) is 6.38. The highest BCUT2D eigenvalue weighted by molar-refractivity contribution is 6.36. The highest BCUT2D eigenvalue weighted by Crippen LogP contribution is 2.42. The van der Waals surface area contributed by atoms with E-state index in [2.05, 4.69) is 10.3 Å². The second-order valence-corrected chi connectivity index (χ2v) is 6.38. The molecule has 0 atom stereocenters. The summed E-state index contributed by atoms with van der Waals surface area (Å²) in [4.78, 5) is 26.6. The molecule has 4 rings (SSSR count). The van der Waals surface area contributed by atoms with Crippen LogP contribution < -0.4 is 5.32 Å². The van der Waals surface area contributed by atoms with Gasteiger partial charge in [0.1, 0.15) is 11.6 Å². The predicted octanol–water partition coefficient (Wildman–Crippen LogP) is 4.46. The molecule has 1 aromatic heterocycles. The summed E-state index contributed by atoms with van der Waals surface area (Å²) in [5.41, 5.74) is 1.96. The number of benzene rings is 2. The van der Waals surface area contributed by atoms with E-state index in [0.717, 1.165) is 12.1 Å². The highest BCUT2D eigenvalue weighted by atomic mass is 19.1. The van der Waals surface area contributed by atoms with E-state index in [-0.39, 0.29) is 22.3 Å². The molecule has 3 N–H and O–H groups in total. The summed E-state index contributed by atoms with van der Waals surface area (Å²) in [6.07, 6.45) is 2.82. The molecule has 0 bridgehead atoms. The van der Waals surface area contributed by atoms with Gasteiger partial charge >= 0.3 is 5.97 Å². The van der Waals surface area contributed by atoms with Crippen molar-refractivity contribution in [3.05, 3.63) is 76.6 Å². The van der Waals surface area contributed by atoms with Gasteiger partial charge in [0, 0.05) is 23.1 Å². The molecular formula is C21H14F2N2O3. The minimum Gasteiger partial charge on any atom is -0.478 e. The molecular weight excluding hydrogens is 366 g/mol. The van der Waals surface area contributed by atoms with Crippen molar-refractivity contribution in [2.75, 3.05) is 5.32 Å². The van der Waals surface area contributed by atoms with Crippen molar-refractivity contribution in [2.24, 2.45) is 0 Å². The van der Waals surface area contributed by atoms with E-state index in [1.807, 2.05) is 0 Å². The maximum atomic E-state index is 14.4. The SMILES string of the molecule is Cc1c(C(=O)O)c[nH]c1C=C1C(=O)Nc2cccc(-c3c(F)cccc3F)c21. The first-order chi connectivity index (χ1) is 13.4. The van der Waals surface area contributed by atoms with Crippen LogP contribution in [0.15, 0.2) is 42.6 Å². The van der Waals surface area contributed by atoms with E-state index in [1.165, 1.54) is 18.3 Å². The van der Waals surface area contributed by atoms with Gasteiger partial charge in [0.25, 0.3) is 5.91 Å². The van der Waals surface area contributed by atoms with E-state index in [9.17, 15) is 23.5 Å². The zero-order chi connectivity index (χ0) is 20.0. The second kappa shape index (κ2) is 6.45. The number of anilines is 1. The van der Waals surface area contributed by atoms with Crippen LogP contribution in [0, 0.1) is 18.6 Å². The van der Waals surface area contributed by atoms with E-state index in [4.69, 9.17) is 0 Å². The number of hydrogen-bond donors (Lipinski definition) is 3. The van der Waals surface area contributed by atoms with Gasteiger partial charge in [-0.3, -0.25) is 4.79 Å². The van der Waals surface area contributed by atoms with Crippen molar-refractivity contribution in [1.29, 1.82) is 0 Å². The topological polar surface area (TPSA) is 82.2 Å². The first-order valence-electron chi connectivity index (χ1n) is 8.40. The van der Waals surface area contributed by atoms with Gasteiger partial charge in [-0.2, -0.15) is 0 Å². The lowest BCUT2D eigenvalue weighted by Crippen LogP contribution is -2.04. The average molecular weight is 380 g/mol. The fraction of sp³-hybridized carbons (Fsp3) is 0.0476. The third-order valence-corrected chi connectivity index (χ3v) is 4.76. The Bertz CT molecular complexity index is 1160. The van der Waals surface area contributed by atoms with E-state index < -0.39 is 23.5 Å². The van der Waals surface area contributed by atoms with Gasteiger partial charge in [-0.15, -0.1) is 0 Å². The molecule has 1 amide bonds. The van der Waals surface area contributed by atoms with Crippen LogP contribution in [-0.4, -0.2) is 22.0 Å². The molecule has 0 spiro atoms. The predicted molar refractivity (Wildman–Crippen MR) is 101 cm³/mol. The Balaban J connectivity index is 1.94. The summed E-state index contributed by atoms with van der Waals surface area (Å²) in [7, 11) is 0. The Morgan fingerprint density at radius 1 is 1.07 bits per heavy atom. The molecule has 0 saturated heterocycles. The van der Waals surface area contributed by atoms with E-state index >= 15 is 0 Å². The lowest BCUT2D eigenvalue weighted by atomic mass is 9.93. The molecule has 7 heteroatoms. The molecule has 2 aromatic carbocycles. The van der Waals surface area contributed by atoms with Gasteiger partial charge in [-0.05, 0) is 42.3 Å². The molecule has 2 heterocycles. The maximum Gasteiger partial charge on any atom is 0.337 e. The van der Waals surface area contributed by atoms with Gasteiger partial charge < -0.3 is 15.4 Å². The Morgan fingerprint density at radius 2 is 1.75 bits per heavy atom. The summed E-state index contributed by atoms with van der Waals surface area (Å²) in [5.74, 6) is -3.01. The quantitative estimate of drug-likeness (QED) is 0.587. The Labute approximate surface area is 158 Å². The van der Waals surface area contributed by atoms with Gasteiger partial charge in [0.2, 0.25) is 0 Å². The van der Waals surface area contributed by atoms with Crippen LogP contribution in [0.25, 0.3) is 22.8 Å². The van der Waals surface area contributed by atoms with Crippen molar-refractivity contribution in [3.63, 3.8) is 0 Å². The molecule has 0 radical (unpaired) electrons. The third-order valence-electron chi connectivity index (χ3n) is 4.76. The standard InChI is InChI=1S/C21H14F2N2O3/c1-10-13(21(27)28)9-24-17(10)8-12-18-11(4-2-7-16(18)25-20(12)26)19-14(22)5-3-6-15(19)23/h2-9,24H,1H3,(H,25,26)(H,27,28). The van der Waals surface area contributed by atoms with Crippen LogP contribution in [0.5, 0.6) is 0 Å². The number of fused-ring (bicyclic) bond motifs is 1. The number of carboxylic acid groups (broad SMARTS) is 1. The van der Waals surface area contributed by atoms with Crippen molar-refractivity contribution in [1.82, 2.24) is 4.98 Å². The summed E-state index contributed by atoms with van der Waals surface area (Å²) >= 11 is 0. The van der Waals surface area contributed by atoms with Crippen LogP contribution in [-0.2, 0) is 4.79 Å². The number of carboxylic acids is 1. The monoisotopic (exact) mass is 380 g/mol. The summed E-state index contributed by atoms with van der Waals surface area (Å²) < 4.78 is 28.8. The molecule has 140 valence electrons. The number of rotatable bonds is 3. The van der Waals surface area contributed by atoms with Crippen LogP contribution in [0.4, 0.5) is 14.5 Å². The minimum absolute atomic E-state index is 0.0823. The molecule has 0 unspecified atom stereocenters. The first kappa shape index (κ1) is 17.7. The molecule has 0 fully saturated rings. The van der Waals surface area contributed by atoms with Crippen molar-refractivity contribution < 1.29 is 23.5 Å². The molecule has 0 aliphatic carbocycles. The van der Waals surface area contributed by atoms with E-state index in [1.54, 1.807) is 25.1 Å². The third kappa shape index (κ3) is 2.68. The van der Waals surface area contributed by atoms with Gasteiger partial charge in [-0.1, -0.05) is 18.2 Å². The molecule has 3 aromatic rings. The molecule has 0 saturated carbocycles. The summed E-state index contributed by atoms with van der Waals surface area (Å²) in [6, 6.07) is 8.36. The molecule has 1 aliphatic heterocycles. The van der Waals surface area contributed by atoms with Crippen LogP contribution in [0.2, 0.25) is 0 Å². The van der Waals surface area contributed by atoms with Gasteiger partial charge in [0.05, 0.1) is 16.7 Å². The zero-order valence-electron chi connectivity index (χ0n) is 14.6. The summed E-state index contributed by atoms with van der Waals surface area (Å²) in [6.45, 7) is 1.61. The number of aromatic amines is 1. The maximum absolute atomic E-state index is 14.4. The number of nitrogens with one attached hydrogen (secondary N) is 2. The normalized spacial score (nSPS) is 14.2. The van der Waals surface area contributed by atoms with Gasteiger partial charge in [-0.25, -0.2) is 13.6 Å². The Morgan fingerprint density at radius 3 is 2.39 bits per heavy atom. The molecule has 28 heavy (non-hydrogen) atoms. The van der Waals surface area contributed by atoms with Gasteiger partial charge in [0.15, 0.2) is 0 Å². The van der Waals surface area contributed by atoms with Crippen LogP contribution in [0.3, 0.4) is 0 Å². The van der Waals surface area contributed by atoms with Crippen molar-refractivity contribution >= 4 is 29.2 Å². The number of aromatic nitrogens is 1. The lowest BCUT2D eigenvalue weighted by Gasteiger charge is -2.10. The van der Waals surface area contributed by atoms with Crippen LogP contribution >= 0.6 is 0 Å². The highest BCUT2D eigenvalue weighted by Gasteiger charge is 2.29. The van der Waals surface area contributed by atoms with Crippen molar-refractivity contribution in [2.45, 2.75) is 6.92 Å². The largest absolute Gasteiger partial charge is 0.478 e. The smallest absolute Gasteiger partial charge is 0.337 e. The number of H-pyrrole nitrogens is 1. The number of carbonyl (C=O) groups excluding carboxylic acids is 1. The number of carbonyl (C=O) groups is 2. The van der Waals surface area contributed by atoms with Crippen LogP contribution in [0.1, 0.15) is 27.2 Å². The lowest BCUT2D eigenvalue weighted by molar-refractivity contribution is -0.110. The number of halogens is 2. The zero-order valence-corrected chi connectivity index (χ0v) is 14.6. The van der Waals surface area contributed by atoms with E-state index in [0.29, 0.717) is 22.5 Å². The molecule has 1 aliphatic rings. The number of amides is 1.